The van der Waals surface area contributed by atoms with Crippen molar-refractivity contribution in [1.82, 2.24) is 9.80 Å². The minimum Gasteiger partial charge on any atom is -0.444 e. The molecular weight excluding hydrogens is 284 g/mol. The Morgan fingerprint density at radius 1 is 1.52 bits per heavy atom. The summed E-state index contributed by atoms with van der Waals surface area (Å²) in [5.74, 6) is 0. The number of amides is 1. The summed E-state index contributed by atoms with van der Waals surface area (Å²) < 4.78 is 5.45. The first-order chi connectivity index (χ1) is 9.78. The molecular formula is C16H26N2O2S. The third-order valence-corrected chi connectivity index (χ3v) is 5.00. The minimum atomic E-state index is -0.425. The molecule has 1 aromatic rings. The van der Waals surface area contributed by atoms with Crippen molar-refractivity contribution in [3.05, 3.63) is 22.4 Å². The second kappa shape index (κ2) is 6.36. The van der Waals surface area contributed by atoms with Crippen molar-refractivity contribution >= 4 is 17.4 Å². The minimum absolute atomic E-state index is 0.192. The van der Waals surface area contributed by atoms with E-state index < -0.39 is 5.60 Å². The van der Waals surface area contributed by atoms with Gasteiger partial charge in [0.1, 0.15) is 5.60 Å². The molecule has 5 heteroatoms. The lowest BCUT2D eigenvalue weighted by atomic mass is 10.1. The molecule has 0 unspecified atom stereocenters. The molecule has 0 spiro atoms. The van der Waals surface area contributed by atoms with Crippen molar-refractivity contribution < 1.29 is 9.53 Å². The van der Waals surface area contributed by atoms with E-state index in [-0.39, 0.29) is 6.09 Å². The highest BCUT2D eigenvalue weighted by atomic mass is 32.1. The molecule has 1 aromatic heterocycles. The molecule has 0 radical (unpaired) electrons. The second-order valence-corrected chi connectivity index (χ2v) is 7.70. The van der Waals surface area contributed by atoms with Gasteiger partial charge in [0.25, 0.3) is 0 Å². The number of thiophene rings is 1. The third-order valence-electron chi connectivity index (χ3n) is 3.96. The standard InChI is InChI=1S/C16H26N2O2S/c1-12(14-7-6-10-21-14)17(5)13-8-9-18(11-13)15(19)20-16(2,3)4/h6-7,10,12-13H,8-9,11H2,1-5H3/t12-,13+/m0/s1. The zero-order valence-corrected chi connectivity index (χ0v) is 14.4. The van der Waals surface area contributed by atoms with E-state index in [1.807, 2.05) is 25.7 Å². The Hall–Kier alpha value is -1.07. The Labute approximate surface area is 131 Å². The van der Waals surface area contributed by atoms with E-state index in [0.717, 1.165) is 19.5 Å². The monoisotopic (exact) mass is 310 g/mol. The summed E-state index contributed by atoms with van der Waals surface area (Å²) in [6, 6.07) is 5.04. The molecule has 1 aliphatic heterocycles. The number of ether oxygens (including phenoxy) is 1. The van der Waals surface area contributed by atoms with Crippen molar-refractivity contribution in [2.24, 2.45) is 0 Å². The molecule has 2 rings (SSSR count). The summed E-state index contributed by atoms with van der Waals surface area (Å²) in [5.41, 5.74) is -0.425. The van der Waals surface area contributed by atoms with Gasteiger partial charge in [0.05, 0.1) is 0 Å². The number of rotatable bonds is 3. The van der Waals surface area contributed by atoms with E-state index in [4.69, 9.17) is 4.74 Å². The van der Waals surface area contributed by atoms with E-state index in [2.05, 4.69) is 36.4 Å². The molecule has 0 saturated carbocycles. The van der Waals surface area contributed by atoms with Crippen LogP contribution in [0.4, 0.5) is 4.79 Å². The van der Waals surface area contributed by atoms with Crippen LogP contribution in [0.1, 0.15) is 45.0 Å². The van der Waals surface area contributed by atoms with Gasteiger partial charge in [-0.25, -0.2) is 4.79 Å². The lowest BCUT2D eigenvalue weighted by molar-refractivity contribution is 0.0278. The second-order valence-electron chi connectivity index (χ2n) is 6.73. The van der Waals surface area contributed by atoms with Crippen molar-refractivity contribution in [1.29, 1.82) is 0 Å². The highest BCUT2D eigenvalue weighted by Crippen LogP contribution is 2.28. The Kier molecular flexibility index (Phi) is 4.94. The predicted octanol–water partition coefficient (Wildman–Crippen LogP) is 3.75. The van der Waals surface area contributed by atoms with Crippen LogP contribution >= 0.6 is 11.3 Å². The molecule has 1 amide bonds. The molecule has 1 fully saturated rings. The summed E-state index contributed by atoms with van der Waals surface area (Å²) in [7, 11) is 2.15. The average molecular weight is 310 g/mol. The summed E-state index contributed by atoms with van der Waals surface area (Å²) in [6.07, 6.45) is 0.813. The number of nitrogens with zero attached hydrogens (tertiary/aromatic N) is 2. The summed E-state index contributed by atoms with van der Waals surface area (Å²) in [6.45, 7) is 9.47. The van der Waals surface area contributed by atoms with Crippen molar-refractivity contribution in [2.45, 2.75) is 51.8 Å². The quantitative estimate of drug-likeness (QED) is 0.852. The summed E-state index contributed by atoms with van der Waals surface area (Å²) >= 11 is 1.79. The zero-order valence-electron chi connectivity index (χ0n) is 13.6. The predicted molar refractivity (Wildman–Crippen MR) is 86.7 cm³/mol. The Morgan fingerprint density at radius 2 is 2.24 bits per heavy atom. The molecule has 21 heavy (non-hydrogen) atoms. The fraction of sp³-hybridized carbons (Fsp3) is 0.688. The van der Waals surface area contributed by atoms with E-state index >= 15 is 0 Å². The molecule has 2 heterocycles. The van der Waals surface area contributed by atoms with Gasteiger partial charge in [0, 0.05) is 30.1 Å². The smallest absolute Gasteiger partial charge is 0.410 e. The maximum Gasteiger partial charge on any atom is 0.410 e. The van der Waals surface area contributed by atoms with Crippen molar-refractivity contribution in [2.75, 3.05) is 20.1 Å². The molecule has 0 N–H and O–H groups in total. The van der Waals surface area contributed by atoms with Crippen LogP contribution in [-0.4, -0.2) is 47.7 Å². The van der Waals surface area contributed by atoms with Crippen LogP contribution in [0, 0.1) is 0 Å². The van der Waals surface area contributed by atoms with E-state index in [9.17, 15) is 4.79 Å². The first kappa shape index (κ1) is 16.3. The van der Waals surface area contributed by atoms with Crippen LogP contribution in [0.15, 0.2) is 17.5 Å². The molecule has 1 aliphatic rings. The van der Waals surface area contributed by atoms with Gasteiger partial charge in [-0.1, -0.05) is 6.07 Å². The highest BCUT2D eigenvalue weighted by Gasteiger charge is 2.33. The number of carbonyl (C=O) groups excluding carboxylic acids is 1. The SMILES string of the molecule is C[C@@H](c1cccs1)N(C)[C@@H]1CCN(C(=O)OC(C)(C)C)C1. The van der Waals surface area contributed by atoms with Crippen LogP contribution in [0.5, 0.6) is 0 Å². The van der Waals surface area contributed by atoms with Gasteiger partial charge in [-0.2, -0.15) is 0 Å². The Morgan fingerprint density at radius 3 is 2.81 bits per heavy atom. The van der Waals surface area contributed by atoms with Crippen LogP contribution in [0.25, 0.3) is 0 Å². The van der Waals surface area contributed by atoms with Crippen LogP contribution < -0.4 is 0 Å². The van der Waals surface area contributed by atoms with E-state index in [0.29, 0.717) is 12.1 Å². The van der Waals surface area contributed by atoms with E-state index in [1.54, 1.807) is 11.3 Å². The lowest BCUT2D eigenvalue weighted by Crippen LogP contribution is -2.39. The number of carbonyl (C=O) groups is 1. The third kappa shape index (κ3) is 4.20. The molecule has 4 nitrogen and oxygen atoms in total. The van der Waals surface area contributed by atoms with Crippen LogP contribution in [-0.2, 0) is 4.74 Å². The number of hydrogen-bond acceptors (Lipinski definition) is 4. The summed E-state index contributed by atoms with van der Waals surface area (Å²) in [4.78, 5) is 17.7. The van der Waals surface area contributed by atoms with Crippen molar-refractivity contribution in [3.8, 4) is 0 Å². The number of likely N-dealkylation sites (tertiary alicyclic amines) is 1. The maximum atomic E-state index is 12.1. The normalized spacial score (nSPS) is 20.9. The number of hydrogen-bond donors (Lipinski definition) is 0. The molecule has 0 aromatic carbocycles. The first-order valence-corrected chi connectivity index (χ1v) is 8.39. The lowest BCUT2D eigenvalue weighted by Gasteiger charge is -2.30. The van der Waals surface area contributed by atoms with Gasteiger partial charge in [-0.3, -0.25) is 4.90 Å². The molecule has 0 bridgehead atoms. The molecule has 1 saturated heterocycles. The number of likely N-dealkylation sites (N-methyl/N-ethyl adjacent to an activating group) is 1. The zero-order chi connectivity index (χ0) is 15.6. The molecule has 2 atom stereocenters. The van der Waals surface area contributed by atoms with Gasteiger partial charge in [-0.15, -0.1) is 11.3 Å². The first-order valence-electron chi connectivity index (χ1n) is 7.51. The summed E-state index contributed by atoms with van der Waals surface area (Å²) in [5, 5.41) is 2.11. The van der Waals surface area contributed by atoms with Crippen LogP contribution in [0.3, 0.4) is 0 Å². The fourth-order valence-electron chi connectivity index (χ4n) is 2.61. The largest absolute Gasteiger partial charge is 0.444 e. The average Bonchev–Trinajstić information content (AvgIpc) is 3.06. The van der Waals surface area contributed by atoms with Gasteiger partial charge in [0.15, 0.2) is 0 Å². The van der Waals surface area contributed by atoms with Gasteiger partial charge >= 0.3 is 6.09 Å². The fourth-order valence-corrected chi connectivity index (χ4v) is 3.45. The molecule has 118 valence electrons. The topological polar surface area (TPSA) is 32.8 Å². The highest BCUT2D eigenvalue weighted by molar-refractivity contribution is 7.10. The molecule has 0 aliphatic carbocycles. The Balaban J connectivity index is 1.91. The van der Waals surface area contributed by atoms with Gasteiger partial charge in [-0.05, 0) is 52.6 Å². The van der Waals surface area contributed by atoms with Crippen molar-refractivity contribution in [3.63, 3.8) is 0 Å². The maximum absolute atomic E-state index is 12.1. The Bertz CT molecular complexity index is 467. The van der Waals surface area contributed by atoms with Crippen LogP contribution in [0.2, 0.25) is 0 Å². The van der Waals surface area contributed by atoms with Gasteiger partial charge in [0.2, 0.25) is 0 Å². The van der Waals surface area contributed by atoms with E-state index in [1.165, 1.54) is 4.88 Å². The van der Waals surface area contributed by atoms with Gasteiger partial charge < -0.3 is 9.64 Å².